The van der Waals surface area contributed by atoms with Crippen LogP contribution in [-0.4, -0.2) is 10.1 Å². The summed E-state index contributed by atoms with van der Waals surface area (Å²) >= 11 is 11.7. The van der Waals surface area contributed by atoms with Gasteiger partial charge in [-0.1, -0.05) is 23.2 Å². The second kappa shape index (κ2) is 5.33. The van der Waals surface area contributed by atoms with E-state index < -0.39 is 0 Å². The van der Waals surface area contributed by atoms with Gasteiger partial charge in [-0.05, 0) is 29.8 Å². The van der Waals surface area contributed by atoms with Crippen molar-refractivity contribution in [3.05, 3.63) is 46.1 Å². The molecule has 4 nitrogen and oxygen atoms in total. The maximum atomic E-state index is 9.38. The molecule has 4 N–H and O–H groups in total. The smallest absolute Gasteiger partial charge is 0.145 e. The molecule has 0 amide bonds. The molecule has 0 saturated carbocycles. The van der Waals surface area contributed by atoms with Crippen LogP contribution >= 0.6 is 23.2 Å². The van der Waals surface area contributed by atoms with Crippen LogP contribution in [-0.2, 0) is 6.54 Å². The monoisotopic (exact) mass is 283 g/mol. The third kappa shape index (κ3) is 2.97. The van der Waals surface area contributed by atoms with Gasteiger partial charge in [-0.3, -0.25) is 0 Å². The Labute approximate surface area is 114 Å². The molecule has 18 heavy (non-hydrogen) atoms. The van der Waals surface area contributed by atoms with Gasteiger partial charge in [0.2, 0.25) is 0 Å². The van der Waals surface area contributed by atoms with Crippen molar-refractivity contribution in [2.45, 2.75) is 6.54 Å². The molecule has 0 bridgehead atoms. The topological polar surface area (TPSA) is 71.2 Å². The molecule has 6 heteroatoms. The number of nitrogens with two attached hydrogens (primary N) is 1. The van der Waals surface area contributed by atoms with Gasteiger partial charge in [0, 0.05) is 18.4 Å². The van der Waals surface area contributed by atoms with Crippen molar-refractivity contribution in [1.82, 2.24) is 4.98 Å². The Morgan fingerprint density at radius 2 is 2.06 bits per heavy atom. The van der Waals surface area contributed by atoms with Crippen molar-refractivity contribution >= 4 is 34.7 Å². The molecule has 1 heterocycles. The van der Waals surface area contributed by atoms with E-state index in [9.17, 15) is 5.11 Å². The molecule has 0 atom stereocenters. The normalized spacial score (nSPS) is 10.3. The summed E-state index contributed by atoms with van der Waals surface area (Å²) in [5, 5.41) is 13.3. The molecule has 0 aliphatic heterocycles. The Hall–Kier alpha value is -1.65. The fourth-order valence-electron chi connectivity index (χ4n) is 1.47. The fourth-order valence-corrected chi connectivity index (χ4v) is 1.92. The lowest BCUT2D eigenvalue weighted by atomic mass is 10.1. The lowest BCUT2D eigenvalue weighted by molar-refractivity contribution is 0.475. The number of hydrogen-bond acceptors (Lipinski definition) is 4. The molecule has 0 spiro atoms. The average molecular weight is 284 g/mol. The molecule has 0 saturated heterocycles. The van der Waals surface area contributed by atoms with Crippen LogP contribution in [0, 0.1) is 0 Å². The molecule has 2 rings (SSSR count). The third-order valence-electron chi connectivity index (χ3n) is 2.38. The number of halogens is 2. The third-order valence-corrected chi connectivity index (χ3v) is 2.88. The van der Waals surface area contributed by atoms with Gasteiger partial charge < -0.3 is 16.2 Å². The second-order valence-corrected chi connectivity index (χ2v) is 4.56. The Morgan fingerprint density at radius 3 is 2.78 bits per heavy atom. The summed E-state index contributed by atoms with van der Waals surface area (Å²) in [5.74, 6) is 0.681. The highest BCUT2D eigenvalue weighted by Gasteiger charge is 2.05. The van der Waals surface area contributed by atoms with Crippen molar-refractivity contribution in [3.8, 4) is 5.75 Å². The van der Waals surface area contributed by atoms with Gasteiger partial charge in [-0.15, -0.1) is 0 Å². The molecule has 1 aromatic heterocycles. The number of phenols is 1. The van der Waals surface area contributed by atoms with Gasteiger partial charge in [-0.2, -0.15) is 0 Å². The fraction of sp³-hybridized carbons (Fsp3) is 0.0833. The Morgan fingerprint density at radius 1 is 1.28 bits per heavy atom. The van der Waals surface area contributed by atoms with Crippen LogP contribution in [0.5, 0.6) is 5.75 Å². The van der Waals surface area contributed by atoms with Gasteiger partial charge in [0.1, 0.15) is 11.6 Å². The molecule has 2 aromatic rings. The quantitative estimate of drug-likeness (QED) is 0.597. The van der Waals surface area contributed by atoms with Crippen LogP contribution < -0.4 is 11.1 Å². The predicted octanol–water partition coefficient (Wildman–Crippen LogP) is 3.29. The number of pyridine rings is 1. The van der Waals surface area contributed by atoms with Crippen LogP contribution in [0.15, 0.2) is 30.5 Å². The first kappa shape index (κ1) is 12.8. The minimum atomic E-state index is 0.163. The van der Waals surface area contributed by atoms with Crippen LogP contribution in [0.3, 0.4) is 0 Å². The number of benzene rings is 1. The minimum Gasteiger partial charge on any atom is -0.508 e. The van der Waals surface area contributed by atoms with Gasteiger partial charge in [0.05, 0.1) is 10.0 Å². The van der Waals surface area contributed by atoms with Crippen molar-refractivity contribution < 1.29 is 5.11 Å². The number of aromatic hydroxyl groups is 1. The lowest BCUT2D eigenvalue weighted by Crippen LogP contribution is -2.04. The lowest BCUT2D eigenvalue weighted by Gasteiger charge is -2.10. The van der Waals surface area contributed by atoms with Gasteiger partial charge >= 0.3 is 0 Å². The number of anilines is 2. The van der Waals surface area contributed by atoms with E-state index in [1.165, 1.54) is 12.3 Å². The number of hydrogen-bond donors (Lipinski definition) is 3. The number of phenolic OH excluding ortho intramolecular Hbond substituents is 1. The standard InChI is InChI=1S/C12H11Cl2N3O/c13-8-4-10(14)12(17-6-8)16-5-7-3-9(18)1-2-11(7)15/h1-4,6,18H,5,15H2,(H,16,17). The molecular weight excluding hydrogens is 273 g/mol. The number of nitrogens with zero attached hydrogens (tertiary/aromatic N) is 1. The number of nitrogen functional groups attached to an aromatic ring is 1. The predicted molar refractivity (Wildman–Crippen MR) is 74.1 cm³/mol. The summed E-state index contributed by atoms with van der Waals surface area (Å²) in [6, 6.07) is 6.37. The summed E-state index contributed by atoms with van der Waals surface area (Å²) in [6.07, 6.45) is 1.50. The van der Waals surface area contributed by atoms with Crippen LogP contribution in [0.4, 0.5) is 11.5 Å². The molecule has 94 valence electrons. The van der Waals surface area contributed by atoms with Crippen LogP contribution in [0.2, 0.25) is 10.0 Å². The first-order chi connectivity index (χ1) is 8.56. The summed E-state index contributed by atoms with van der Waals surface area (Å²) in [4.78, 5) is 4.07. The molecule has 0 aliphatic rings. The van der Waals surface area contributed by atoms with Gasteiger partial charge in [0.25, 0.3) is 0 Å². The minimum absolute atomic E-state index is 0.163. The summed E-state index contributed by atoms with van der Waals surface area (Å²) in [6.45, 7) is 0.411. The first-order valence-electron chi connectivity index (χ1n) is 5.18. The van der Waals surface area contributed by atoms with Crippen LogP contribution in [0.25, 0.3) is 0 Å². The van der Waals surface area contributed by atoms with E-state index >= 15 is 0 Å². The Balaban J connectivity index is 2.13. The summed E-state index contributed by atoms with van der Waals surface area (Å²) in [7, 11) is 0. The molecule has 0 aliphatic carbocycles. The maximum Gasteiger partial charge on any atom is 0.145 e. The highest BCUT2D eigenvalue weighted by molar-refractivity contribution is 6.35. The number of rotatable bonds is 3. The summed E-state index contributed by atoms with van der Waals surface area (Å²) < 4.78 is 0. The second-order valence-electron chi connectivity index (χ2n) is 3.72. The largest absolute Gasteiger partial charge is 0.508 e. The average Bonchev–Trinajstić information content (AvgIpc) is 2.32. The van der Waals surface area contributed by atoms with E-state index in [0.29, 0.717) is 28.1 Å². The number of nitrogens with one attached hydrogen (secondary N) is 1. The number of aromatic nitrogens is 1. The molecule has 0 fully saturated rings. The van der Waals surface area contributed by atoms with Crippen molar-refractivity contribution in [1.29, 1.82) is 0 Å². The zero-order valence-corrected chi connectivity index (χ0v) is 10.8. The SMILES string of the molecule is Nc1ccc(O)cc1CNc1ncc(Cl)cc1Cl. The Bertz CT molecular complexity index is 575. The van der Waals surface area contributed by atoms with Crippen molar-refractivity contribution in [3.63, 3.8) is 0 Å². The van der Waals surface area contributed by atoms with E-state index in [2.05, 4.69) is 10.3 Å². The first-order valence-corrected chi connectivity index (χ1v) is 5.94. The molecule has 0 unspecified atom stereocenters. The Kier molecular flexibility index (Phi) is 3.79. The summed E-state index contributed by atoms with van der Waals surface area (Å²) in [5.41, 5.74) is 7.14. The highest BCUT2D eigenvalue weighted by Crippen LogP contribution is 2.24. The van der Waals surface area contributed by atoms with Crippen LogP contribution in [0.1, 0.15) is 5.56 Å². The molecule has 1 aromatic carbocycles. The van der Waals surface area contributed by atoms with E-state index in [4.69, 9.17) is 28.9 Å². The highest BCUT2D eigenvalue weighted by atomic mass is 35.5. The molecular formula is C12H11Cl2N3O. The maximum absolute atomic E-state index is 9.38. The van der Waals surface area contributed by atoms with E-state index in [0.717, 1.165) is 5.56 Å². The zero-order valence-electron chi connectivity index (χ0n) is 9.32. The van der Waals surface area contributed by atoms with E-state index in [-0.39, 0.29) is 5.75 Å². The van der Waals surface area contributed by atoms with Crippen molar-refractivity contribution in [2.24, 2.45) is 0 Å². The van der Waals surface area contributed by atoms with E-state index in [1.807, 2.05) is 0 Å². The molecule has 0 radical (unpaired) electrons. The van der Waals surface area contributed by atoms with Gasteiger partial charge in [-0.25, -0.2) is 4.98 Å². The van der Waals surface area contributed by atoms with E-state index in [1.54, 1.807) is 18.2 Å². The zero-order chi connectivity index (χ0) is 13.1. The van der Waals surface area contributed by atoms with Gasteiger partial charge in [0.15, 0.2) is 0 Å². The van der Waals surface area contributed by atoms with Crippen molar-refractivity contribution in [2.75, 3.05) is 11.1 Å².